The van der Waals surface area contributed by atoms with E-state index in [-0.39, 0.29) is 17.2 Å². The number of para-hydroxylation sites is 3. The predicted octanol–water partition coefficient (Wildman–Crippen LogP) is 4.89. The summed E-state index contributed by atoms with van der Waals surface area (Å²) in [6.07, 6.45) is 0.679. The van der Waals surface area contributed by atoms with Gasteiger partial charge < -0.3 is 4.74 Å². The summed E-state index contributed by atoms with van der Waals surface area (Å²) in [5.74, 6) is 0.0435. The van der Waals surface area contributed by atoms with E-state index >= 15 is 0 Å². The van der Waals surface area contributed by atoms with Crippen molar-refractivity contribution >= 4 is 39.9 Å². The zero-order valence-electron chi connectivity index (χ0n) is 18.4. The van der Waals surface area contributed by atoms with E-state index in [4.69, 9.17) is 9.72 Å². The zero-order chi connectivity index (χ0) is 23.0. The topological polar surface area (TPSA) is 64.4 Å². The molecule has 7 heteroatoms. The van der Waals surface area contributed by atoms with Crippen molar-refractivity contribution in [3.8, 4) is 0 Å². The Morgan fingerprint density at radius 3 is 2.18 bits per heavy atom. The molecule has 3 aromatic carbocycles. The van der Waals surface area contributed by atoms with Crippen LogP contribution in [0.25, 0.3) is 10.9 Å². The lowest BCUT2D eigenvalue weighted by Gasteiger charge is -2.23. The third kappa shape index (κ3) is 5.32. The molecule has 4 rings (SSSR count). The number of ether oxygens (including phenoxy) is 1. The molecule has 0 saturated heterocycles. The maximum atomic E-state index is 13.4. The number of amides is 1. The smallest absolute Gasteiger partial charge is 0.262 e. The standard InChI is InChI=1S/C26H25N3O3S/c1-32-18-10-17-28-25(31)22-15-8-9-16-23(22)27-26(28)33-19-24(30)29(20-11-4-2-5-12-20)21-13-6-3-7-14-21/h2-9,11-16H,10,17-19H2,1H3. The summed E-state index contributed by atoms with van der Waals surface area (Å²) in [5.41, 5.74) is 2.11. The van der Waals surface area contributed by atoms with Crippen LogP contribution in [0.1, 0.15) is 6.42 Å². The lowest BCUT2D eigenvalue weighted by molar-refractivity contribution is -0.115. The third-order valence-electron chi connectivity index (χ3n) is 5.16. The summed E-state index contributed by atoms with van der Waals surface area (Å²) in [6, 6.07) is 26.4. The second-order valence-electron chi connectivity index (χ2n) is 7.40. The van der Waals surface area contributed by atoms with Crippen LogP contribution in [0.4, 0.5) is 11.4 Å². The van der Waals surface area contributed by atoms with Gasteiger partial charge in [0.25, 0.3) is 5.56 Å². The van der Waals surface area contributed by atoms with Crippen LogP contribution in [0.2, 0.25) is 0 Å². The number of anilines is 2. The first-order valence-electron chi connectivity index (χ1n) is 10.7. The number of hydrogen-bond acceptors (Lipinski definition) is 5. The first kappa shape index (κ1) is 22.8. The predicted molar refractivity (Wildman–Crippen MR) is 133 cm³/mol. The van der Waals surface area contributed by atoms with Crippen LogP contribution in [0.3, 0.4) is 0 Å². The van der Waals surface area contributed by atoms with Crippen molar-refractivity contribution in [2.75, 3.05) is 24.4 Å². The highest BCUT2D eigenvalue weighted by Gasteiger charge is 2.20. The van der Waals surface area contributed by atoms with E-state index in [0.717, 1.165) is 11.4 Å². The van der Waals surface area contributed by atoms with E-state index in [9.17, 15) is 9.59 Å². The Labute approximate surface area is 196 Å². The van der Waals surface area contributed by atoms with Crippen LogP contribution >= 0.6 is 11.8 Å². The largest absolute Gasteiger partial charge is 0.385 e. The number of nitrogens with zero attached hydrogens (tertiary/aromatic N) is 3. The van der Waals surface area contributed by atoms with E-state index in [1.165, 1.54) is 11.8 Å². The van der Waals surface area contributed by atoms with Crippen molar-refractivity contribution < 1.29 is 9.53 Å². The fraction of sp³-hybridized carbons (Fsp3) is 0.192. The first-order chi connectivity index (χ1) is 16.2. The van der Waals surface area contributed by atoms with Gasteiger partial charge in [-0.05, 0) is 42.8 Å². The second-order valence-corrected chi connectivity index (χ2v) is 8.35. The van der Waals surface area contributed by atoms with Gasteiger partial charge in [0.2, 0.25) is 5.91 Å². The number of benzene rings is 3. The van der Waals surface area contributed by atoms with Gasteiger partial charge in [-0.15, -0.1) is 0 Å². The number of methoxy groups -OCH3 is 1. The molecule has 0 unspecified atom stereocenters. The molecule has 1 heterocycles. The van der Waals surface area contributed by atoms with Gasteiger partial charge in [0, 0.05) is 31.6 Å². The van der Waals surface area contributed by atoms with Crippen molar-refractivity contribution in [1.29, 1.82) is 0 Å². The van der Waals surface area contributed by atoms with E-state index < -0.39 is 0 Å². The number of carbonyl (C=O) groups excluding carboxylic acids is 1. The molecule has 0 saturated carbocycles. The number of thioether (sulfide) groups is 1. The molecule has 0 radical (unpaired) electrons. The van der Waals surface area contributed by atoms with E-state index in [1.807, 2.05) is 78.9 Å². The Bertz CT molecular complexity index is 1240. The van der Waals surface area contributed by atoms with Crippen LogP contribution in [-0.4, -0.2) is 34.9 Å². The molecule has 4 aromatic rings. The molecule has 33 heavy (non-hydrogen) atoms. The molecule has 0 aliphatic heterocycles. The maximum absolute atomic E-state index is 13.4. The Morgan fingerprint density at radius 1 is 0.939 bits per heavy atom. The van der Waals surface area contributed by atoms with Gasteiger partial charge in [0.15, 0.2) is 5.16 Å². The molecular formula is C26H25N3O3S. The van der Waals surface area contributed by atoms with E-state index in [2.05, 4.69) is 0 Å². The zero-order valence-corrected chi connectivity index (χ0v) is 19.2. The Hall–Kier alpha value is -3.42. The molecular weight excluding hydrogens is 434 g/mol. The number of hydrogen-bond donors (Lipinski definition) is 0. The van der Waals surface area contributed by atoms with Crippen LogP contribution in [-0.2, 0) is 16.1 Å². The fourth-order valence-electron chi connectivity index (χ4n) is 3.60. The highest BCUT2D eigenvalue weighted by Crippen LogP contribution is 2.27. The summed E-state index contributed by atoms with van der Waals surface area (Å²) in [5, 5.41) is 1.10. The highest BCUT2D eigenvalue weighted by molar-refractivity contribution is 7.99. The van der Waals surface area contributed by atoms with Gasteiger partial charge in [-0.1, -0.05) is 60.3 Å². The molecule has 0 bridgehead atoms. The maximum Gasteiger partial charge on any atom is 0.262 e. The molecule has 1 aromatic heterocycles. The quantitative estimate of drug-likeness (QED) is 0.203. The van der Waals surface area contributed by atoms with Crippen LogP contribution in [0.15, 0.2) is 94.9 Å². The summed E-state index contributed by atoms with van der Waals surface area (Å²) < 4.78 is 6.80. The summed E-state index contributed by atoms with van der Waals surface area (Å²) in [4.78, 5) is 32.9. The minimum atomic E-state index is -0.102. The Morgan fingerprint density at radius 2 is 1.55 bits per heavy atom. The molecule has 0 aliphatic carbocycles. The summed E-state index contributed by atoms with van der Waals surface area (Å²) in [6.45, 7) is 1.01. The Balaban J connectivity index is 1.64. The lowest BCUT2D eigenvalue weighted by Crippen LogP contribution is -2.29. The molecule has 0 fully saturated rings. The fourth-order valence-corrected chi connectivity index (χ4v) is 4.48. The molecule has 0 atom stereocenters. The Kier molecular flexibility index (Phi) is 7.55. The molecule has 0 spiro atoms. The molecule has 6 nitrogen and oxygen atoms in total. The van der Waals surface area contributed by atoms with Gasteiger partial charge in [-0.2, -0.15) is 0 Å². The van der Waals surface area contributed by atoms with Gasteiger partial charge in [0.05, 0.1) is 16.7 Å². The van der Waals surface area contributed by atoms with E-state index in [1.54, 1.807) is 22.6 Å². The SMILES string of the molecule is COCCCn1c(SCC(=O)N(c2ccccc2)c2ccccc2)nc2ccccc2c1=O. The summed E-state index contributed by atoms with van der Waals surface area (Å²) >= 11 is 1.28. The molecule has 1 amide bonds. The minimum absolute atomic E-state index is 0.0942. The van der Waals surface area contributed by atoms with E-state index in [0.29, 0.717) is 35.6 Å². The molecule has 0 N–H and O–H groups in total. The second kappa shape index (κ2) is 10.9. The molecule has 0 aliphatic rings. The monoisotopic (exact) mass is 459 g/mol. The van der Waals surface area contributed by atoms with Crippen LogP contribution < -0.4 is 10.5 Å². The lowest BCUT2D eigenvalue weighted by atomic mass is 10.2. The first-order valence-corrected chi connectivity index (χ1v) is 11.7. The van der Waals surface area contributed by atoms with Crippen LogP contribution in [0.5, 0.6) is 0 Å². The van der Waals surface area contributed by atoms with Gasteiger partial charge >= 0.3 is 0 Å². The van der Waals surface area contributed by atoms with Crippen LogP contribution in [0, 0.1) is 0 Å². The van der Waals surface area contributed by atoms with Gasteiger partial charge in [-0.3, -0.25) is 19.1 Å². The number of fused-ring (bicyclic) bond motifs is 1. The third-order valence-corrected chi connectivity index (χ3v) is 6.12. The van der Waals surface area contributed by atoms with Gasteiger partial charge in [-0.25, -0.2) is 4.98 Å². The number of aromatic nitrogens is 2. The van der Waals surface area contributed by atoms with Crippen molar-refractivity contribution in [3.05, 3.63) is 95.3 Å². The average Bonchev–Trinajstić information content (AvgIpc) is 2.86. The number of rotatable bonds is 9. The van der Waals surface area contributed by atoms with Crippen molar-refractivity contribution in [2.45, 2.75) is 18.1 Å². The highest BCUT2D eigenvalue weighted by atomic mass is 32.2. The minimum Gasteiger partial charge on any atom is -0.385 e. The van der Waals surface area contributed by atoms with Crippen molar-refractivity contribution in [3.63, 3.8) is 0 Å². The van der Waals surface area contributed by atoms with Gasteiger partial charge in [0.1, 0.15) is 0 Å². The normalized spacial score (nSPS) is 10.9. The number of carbonyl (C=O) groups is 1. The summed E-state index contributed by atoms with van der Waals surface area (Å²) in [7, 11) is 1.64. The van der Waals surface area contributed by atoms with Crippen molar-refractivity contribution in [1.82, 2.24) is 9.55 Å². The van der Waals surface area contributed by atoms with Crippen molar-refractivity contribution in [2.24, 2.45) is 0 Å². The average molecular weight is 460 g/mol. The molecule has 168 valence electrons.